The summed E-state index contributed by atoms with van der Waals surface area (Å²) in [5.74, 6) is 0.633. The van der Waals surface area contributed by atoms with Gasteiger partial charge in [-0.05, 0) is 36.5 Å². The molecule has 5 heteroatoms. The average molecular weight is 304 g/mol. The number of amides is 1. The van der Waals surface area contributed by atoms with E-state index in [2.05, 4.69) is 9.80 Å². The summed E-state index contributed by atoms with van der Waals surface area (Å²) in [4.78, 5) is 16.5. The fraction of sp³-hybridized carbons (Fsp3) is 0.588. The highest BCUT2D eigenvalue weighted by molar-refractivity contribution is 5.78. The van der Waals surface area contributed by atoms with E-state index in [0.717, 1.165) is 31.7 Å². The molecule has 0 radical (unpaired) electrons. The van der Waals surface area contributed by atoms with E-state index >= 15 is 0 Å². The molecule has 3 fully saturated rings. The van der Waals surface area contributed by atoms with E-state index in [0.29, 0.717) is 5.92 Å². The zero-order valence-electron chi connectivity index (χ0n) is 12.6. The van der Waals surface area contributed by atoms with Crippen LogP contribution in [0.25, 0.3) is 0 Å². The highest BCUT2D eigenvalue weighted by atomic mass is 19.1. The van der Waals surface area contributed by atoms with Crippen molar-refractivity contribution >= 4 is 5.91 Å². The minimum Gasteiger partial charge on any atom is -0.365 e. The second-order valence-corrected chi connectivity index (χ2v) is 6.73. The fourth-order valence-electron chi connectivity index (χ4n) is 3.53. The number of carbonyl (C=O) groups is 1. The molecule has 0 N–H and O–H groups in total. The molecule has 1 aliphatic carbocycles. The third-order valence-corrected chi connectivity index (χ3v) is 4.93. The number of ether oxygens (including phenoxy) is 1. The zero-order chi connectivity index (χ0) is 15.1. The van der Waals surface area contributed by atoms with Gasteiger partial charge < -0.3 is 9.64 Å². The summed E-state index contributed by atoms with van der Waals surface area (Å²) < 4.78 is 18.7. The lowest BCUT2D eigenvalue weighted by Gasteiger charge is -2.36. The Bertz CT molecular complexity index is 558. The number of benzene rings is 1. The maximum atomic E-state index is 13.0. The average Bonchev–Trinajstić information content (AvgIpc) is 3.23. The molecule has 4 rings (SSSR count). The van der Waals surface area contributed by atoms with Crippen LogP contribution in [-0.4, -0.2) is 54.1 Å². The number of morpholine rings is 1. The van der Waals surface area contributed by atoms with Gasteiger partial charge in [0.05, 0.1) is 12.1 Å². The second-order valence-electron chi connectivity index (χ2n) is 6.73. The van der Waals surface area contributed by atoms with Crippen LogP contribution in [0.5, 0.6) is 0 Å². The normalized spacial score (nSPS) is 29.0. The first-order valence-corrected chi connectivity index (χ1v) is 8.07. The molecular weight excluding hydrogens is 283 g/mol. The van der Waals surface area contributed by atoms with Crippen LogP contribution >= 0.6 is 0 Å². The number of halogens is 1. The number of rotatable bonds is 4. The smallest absolute Gasteiger partial charge is 0.248 e. The largest absolute Gasteiger partial charge is 0.365 e. The SMILES string of the molecule is O=C1CO[C@@H]2CN(Cc3ccc(F)cc3)C[C@H]2N1CC1CC1. The van der Waals surface area contributed by atoms with E-state index in [-0.39, 0.29) is 30.5 Å². The lowest BCUT2D eigenvalue weighted by Crippen LogP contribution is -2.54. The zero-order valence-corrected chi connectivity index (χ0v) is 12.6. The van der Waals surface area contributed by atoms with Crippen LogP contribution in [0.3, 0.4) is 0 Å². The lowest BCUT2D eigenvalue weighted by atomic mass is 10.1. The molecule has 0 spiro atoms. The summed E-state index contributed by atoms with van der Waals surface area (Å²) in [6.07, 6.45) is 2.62. The van der Waals surface area contributed by atoms with E-state index in [4.69, 9.17) is 4.74 Å². The molecule has 4 nitrogen and oxygen atoms in total. The van der Waals surface area contributed by atoms with Crippen LogP contribution in [0.2, 0.25) is 0 Å². The molecule has 0 aromatic heterocycles. The Morgan fingerprint density at radius 2 is 1.95 bits per heavy atom. The van der Waals surface area contributed by atoms with Crippen LogP contribution < -0.4 is 0 Å². The molecule has 1 saturated carbocycles. The Balaban J connectivity index is 1.42. The van der Waals surface area contributed by atoms with E-state index in [9.17, 15) is 9.18 Å². The van der Waals surface area contributed by atoms with Crippen molar-refractivity contribution in [2.45, 2.75) is 31.5 Å². The van der Waals surface area contributed by atoms with Gasteiger partial charge in [-0.3, -0.25) is 9.69 Å². The number of carbonyl (C=O) groups excluding carboxylic acids is 1. The monoisotopic (exact) mass is 304 g/mol. The molecule has 2 aliphatic heterocycles. The first-order valence-electron chi connectivity index (χ1n) is 8.07. The van der Waals surface area contributed by atoms with Crippen LogP contribution in [0.15, 0.2) is 24.3 Å². The van der Waals surface area contributed by atoms with Gasteiger partial charge in [0.15, 0.2) is 0 Å². The summed E-state index contributed by atoms with van der Waals surface area (Å²) >= 11 is 0. The maximum Gasteiger partial charge on any atom is 0.248 e. The maximum absolute atomic E-state index is 13.0. The number of fused-ring (bicyclic) bond motifs is 1. The van der Waals surface area contributed by atoms with Crippen molar-refractivity contribution in [2.75, 3.05) is 26.2 Å². The van der Waals surface area contributed by atoms with Gasteiger partial charge in [-0.15, -0.1) is 0 Å². The van der Waals surface area contributed by atoms with Gasteiger partial charge in [-0.25, -0.2) is 4.39 Å². The fourth-order valence-corrected chi connectivity index (χ4v) is 3.53. The molecule has 22 heavy (non-hydrogen) atoms. The number of hydrogen-bond donors (Lipinski definition) is 0. The Labute approximate surface area is 129 Å². The molecule has 118 valence electrons. The third-order valence-electron chi connectivity index (χ3n) is 4.93. The molecule has 1 amide bonds. The van der Waals surface area contributed by atoms with Crippen molar-refractivity contribution in [2.24, 2.45) is 5.92 Å². The number of likely N-dealkylation sites (tertiary alicyclic amines) is 1. The first kappa shape index (κ1) is 14.2. The second kappa shape index (κ2) is 5.63. The number of nitrogens with zero attached hydrogens (tertiary/aromatic N) is 2. The summed E-state index contributed by atoms with van der Waals surface area (Å²) in [6.45, 7) is 3.59. The molecule has 2 heterocycles. The van der Waals surface area contributed by atoms with Gasteiger partial charge >= 0.3 is 0 Å². The molecule has 0 bridgehead atoms. The van der Waals surface area contributed by atoms with E-state index < -0.39 is 0 Å². The summed E-state index contributed by atoms with van der Waals surface area (Å²) in [7, 11) is 0. The van der Waals surface area contributed by atoms with E-state index in [1.54, 1.807) is 0 Å². The predicted octanol–water partition coefficient (Wildman–Crippen LogP) is 1.65. The van der Waals surface area contributed by atoms with Gasteiger partial charge in [0.2, 0.25) is 5.91 Å². The molecule has 2 saturated heterocycles. The van der Waals surface area contributed by atoms with Gasteiger partial charge in [-0.1, -0.05) is 12.1 Å². The van der Waals surface area contributed by atoms with Gasteiger partial charge in [-0.2, -0.15) is 0 Å². The van der Waals surface area contributed by atoms with Crippen LogP contribution in [-0.2, 0) is 16.1 Å². The Morgan fingerprint density at radius 1 is 1.18 bits per heavy atom. The Hall–Kier alpha value is -1.46. The van der Waals surface area contributed by atoms with Crippen molar-refractivity contribution in [1.29, 1.82) is 0 Å². The minimum absolute atomic E-state index is 0.122. The Morgan fingerprint density at radius 3 is 2.68 bits per heavy atom. The lowest BCUT2D eigenvalue weighted by molar-refractivity contribution is -0.153. The standard InChI is InChI=1S/C17H21FN2O2/c18-14-5-3-12(4-6-14)7-19-9-15-16(10-19)22-11-17(21)20(15)8-13-1-2-13/h3-6,13,15-16H,1-2,7-11H2/t15-,16-/m1/s1. The van der Waals surface area contributed by atoms with Crippen molar-refractivity contribution in [1.82, 2.24) is 9.80 Å². The molecule has 3 aliphatic rings. The van der Waals surface area contributed by atoms with Crippen molar-refractivity contribution in [3.8, 4) is 0 Å². The molecule has 1 aromatic carbocycles. The molecule has 0 unspecified atom stereocenters. The van der Waals surface area contributed by atoms with Gasteiger partial charge in [0.25, 0.3) is 0 Å². The summed E-state index contributed by atoms with van der Waals surface area (Å²) in [6, 6.07) is 6.83. The van der Waals surface area contributed by atoms with Gasteiger partial charge in [0, 0.05) is 26.2 Å². The van der Waals surface area contributed by atoms with Crippen LogP contribution in [0.1, 0.15) is 18.4 Å². The molecule has 1 aromatic rings. The van der Waals surface area contributed by atoms with E-state index in [1.165, 1.54) is 25.0 Å². The summed E-state index contributed by atoms with van der Waals surface area (Å²) in [5.41, 5.74) is 1.10. The quantitative estimate of drug-likeness (QED) is 0.848. The Kier molecular flexibility index (Phi) is 3.62. The molecule has 2 atom stereocenters. The summed E-state index contributed by atoms with van der Waals surface area (Å²) in [5, 5.41) is 0. The topological polar surface area (TPSA) is 32.8 Å². The molecular formula is C17H21FN2O2. The highest BCUT2D eigenvalue weighted by Crippen LogP contribution is 2.33. The van der Waals surface area contributed by atoms with Crippen LogP contribution in [0.4, 0.5) is 4.39 Å². The minimum atomic E-state index is -0.205. The number of hydrogen-bond acceptors (Lipinski definition) is 3. The van der Waals surface area contributed by atoms with E-state index in [1.807, 2.05) is 12.1 Å². The van der Waals surface area contributed by atoms with Crippen LogP contribution in [0, 0.1) is 11.7 Å². The van der Waals surface area contributed by atoms with Crippen molar-refractivity contribution in [3.63, 3.8) is 0 Å². The van der Waals surface area contributed by atoms with Gasteiger partial charge in [0.1, 0.15) is 12.4 Å². The highest BCUT2D eigenvalue weighted by Gasteiger charge is 2.44. The van der Waals surface area contributed by atoms with Crippen molar-refractivity contribution < 1.29 is 13.9 Å². The predicted molar refractivity (Wildman–Crippen MR) is 79.6 cm³/mol. The van der Waals surface area contributed by atoms with Crippen molar-refractivity contribution in [3.05, 3.63) is 35.6 Å². The first-order chi connectivity index (χ1) is 10.7. The third kappa shape index (κ3) is 2.88.